The van der Waals surface area contributed by atoms with E-state index < -0.39 is 11.0 Å². The Kier molecular flexibility index (Phi) is 12.9. The van der Waals surface area contributed by atoms with Crippen LogP contribution >= 0.6 is 11.8 Å². The Labute approximate surface area is 224 Å². The number of rotatable bonds is 7. The highest BCUT2D eigenvalue weighted by Crippen LogP contribution is 2.44. The van der Waals surface area contributed by atoms with Gasteiger partial charge in [0.15, 0.2) is 0 Å². The number of ether oxygens (including phenoxy) is 2. The molecule has 0 bridgehead atoms. The first kappa shape index (κ1) is 30.8. The molecule has 36 heavy (non-hydrogen) atoms. The Balaban J connectivity index is 0.000000694. The third-order valence-corrected chi connectivity index (χ3v) is 9.13. The van der Waals surface area contributed by atoms with E-state index in [2.05, 4.69) is 42.2 Å². The number of hydrogen-bond acceptors (Lipinski definition) is 5. The van der Waals surface area contributed by atoms with Gasteiger partial charge in [0.1, 0.15) is 17.3 Å². The van der Waals surface area contributed by atoms with Crippen LogP contribution in [0.4, 0.5) is 0 Å². The Hall–Kier alpha value is -1.45. The molecular weight excluding hydrogens is 492 g/mol. The van der Waals surface area contributed by atoms with Crippen molar-refractivity contribution in [1.82, 2.24) is 8.87 Å². The fourth-order valence-electron chi connectivity index (χ4n) is 4.39. The molecule has 1 atom stereocenters. The van der Waals surface area contributed by atoms with E-state index in [1.54, 1.807) is 18.9 Å². The summed E-state index contributed by atoms with van der Waals surface area (Å²) in [5.74, 6) is 0. The first-order valence-corrected chi connectivity index (χ1v) is 14.9. The smallest absolute Gasteiger partial charge is 0.139 e. The lowest BCUT2D eigenvalue weighted by molar-refractivity contribution is -0.108. The quantitative estimate of drug-likeness (QED) is 0.425. The fraction of sp³-hybridized carbons (Fsp3) is 0.607. The highest BCUT2D eigenvalue weighted by molar-refractivity contribution is 7.99. The van der Waals surface area contributed by atoms with E-state index in [0.29, 0.717) is 32.8 Å². The number of fused-ring (bicyclic) bond motifs is 1. The Morgan fingerprint density at radius 2 is 1.78 bits per heavy atom. The maximum atomic E-state index is 12.8. The zero-order chi connectivity index (χ0) is 26.7. The van der Waals surface area contributed by atoms with Crippen molar-refractivity contribution in [3.63, 3.8) is 0 Å². The number of morpholine rings is 1. The fourth-order valence-corrected chi connectivity index (χ4v) is 6.62. The van der Waals surface area contributed by atoms with Crippen LogP contribution in [-0.4, -0.2) is 59.4 Å². The van der Waals surface area contributed by atoms with Gasteiger partial charge in [-0.05, 0) is 68.4 Å². The summed E-state index contributed by atoms with van der Waals surface area (Å²) in [5.41, 5.74) is 4.18. The normalized spacial score (nSPS) is 17.6. The molecule has 0 amide bonds. The highest BCUT2D eigenvalue weighted by Gasteiger charge is 2.31. The van der Waals surface area contributed by atoms with Crippen LogP contribution in [-0.2, 0) is 44.6 Å². The van der Waals surface area contributed by atoms with Crippen molar-refractivity contribution in [2.75, 3.05) is 40.0 Å². The third-order valence-electron chi connectivity index (χ3n) is 6.37. The minimum atomic E-state index is -1.14. The average Bonchev–Trinajstić information content (AvgIpc) is 3.15. The summed E-state index contributed by atoms with van der Waals surface area (Å²) < 4.78 is 26.9. The van der Waals surface area contributed by atoms with Gasteiger partial charge in [0.05, 0.1) is 24.7 Å². The summed E-state index contributed by atoms with van der Waals surface area (Å²) in [6.07, 6.45) is 4.21. The van der Waals surface area contributed by atoms with Crippen LogP contribution in [0.5, 0.6) is 0 Å². The number of benzene rings is 1. The van der Waals surface area contributed by atoms with Crippen molar-refractivity contribution >= 4 is 29.0 Å². The summed E-state index contributed by atoms with van der Waals surface area (Å²) >= 11 is 1.76. The van der Waals surface area contributed by atoms with Crippen molar-refractivity contribution < 1.29 is 18.5 Å². The summed E-state index contributed by atoms with van der Waals surface area (Å²) in [6.45, 7) is 16.7. The lowest BCUT2D eigenvalue weighted by atomic mass is 9.76. The zero-order valence-electron chi connectivity index (χ0n) is 23.1. The van der Waals surface area contributed by atoms with E-state index in [1.165, 1.54) is 21.8 Å². The average molecular weight is 537 g/mol. The standard InChI is InChI=1S/C23H30N2O3S2.C3H8O.C2H6/c1-17-22(20-16-23(2,3)9-8-21(20)25(17)10-13-26)29-18-4-6-19(7-5-18)30(27)24-11-14-28-15-12-24;1-3-4-2;1-2/h4-7,13H,8-12,14-16H2,1-3H3;3H2,1-2H3;1-2H3. The van der Waals surface area contributed by atoms with Gasteiger partial charge in [-0.2, -0.15) is 0 Å². The number of carbonyl (C=O) groups excluding carboxylic acids is 1. The van der Waals surface area contributed by atoms with Gasteiger partial charge in [-0.25, -0.2) is 8.51 Å². The Bertz CT molecular complexity index is 978. The molecule has 0 radical (unpaired) electrons. The molecule has 0 spiro atoms. The molecule has 1 aliphatic heterocycles. The molecule has 2 aromatic rings. The molecule has 0 saturated carbocycles. The SMILES string of the molecule is CC.CCOC.Cc1c(Sc2ccc(S(=O)N3CCOCC3)cc2)c2c(n1CC=O)CCC(C)(C)C2. The van der Waals surface area contributed by atoms with E-state index in [0.717, 1.165) is 41.9 Å². The molecule has 1 fully saturated rings. The molecule has 2 aliphatic rings. The van der Waals surface area contributed by atoms with Gasteiger partial charge in [0.25, 0.3) is 0 Å². The van der Waals surface area contributed by atoms with E-state index in [9.17, 15) is 9.00 Å². The number of nitrogens with zero attached hydrogens (tertiary/aromatic N) is 2. The molecule has 1 unspecified atom stereocenters. The first-order chi connectivity index (χ1) is 17.3. The second-order valence-electron chi connectivity index (χ2n) is 9.40. The van der Waals surface area contributed by atoms with E-state index in [1.807, 2.05) is 37.2 Å². The van der Waals surface area contributed by atoms with E-state index in [-0.39, 0.29) is 5.41 Å². The molecule has 6 nitrogen and oxygen atoms in total. The van der Waals surface area contributed by atoms with Crippen molar-refractivity contribution in [3.8, 4) is 0 Å². The molecule has 8 heteroatoms. The predicted molar refractivity (Wildman–Crippen MR) is 149 cm³/mol. The van der Waals surface area contributed by atoms with Gasteiger partial charge in [-0.1, -0.05) is 39.5 Å². The van der Waals surface area contributed by atoms with Crippen LogP contribution in [0.2, 0.25) is 0 Å². The van der Waals surface area contributed by atoms with Gasteiger partial charge in [-0.3, -0.25) is 0 Å². The minimum absolute atomic E-state index is 0.279. The Morgan fingerprint density at radius 3 is 2.33 bits per heavy atom. The molecule has 1 aliphatic carbocycles. The lowest BCUT2D eigenvalue weighted by Gasteiger charge is -2.30. The first-order valence-electron chi connectivity index (χ1n) is 13.0. The predicted octanol–water partition coefficient (Wildman–Crippen LogP) is 5.70. The second-order valence-corrected chi connectivity index (χ2v) is 12.0. The zero-order valence-corrected chi connectivity index (χ0v) is 24.7. The summed E-state index contributed by atoms with van der Waals surface area (Å²) in [7, 11) is 0.542. The molecule has 0 N–H and O–H groups in total. The van der Waals surface area contributed by atoms with E-state index >= 15 is 0 Å². The molecule has 1 saturated heterocycles. The summed E-state index contributed by atoms with van der Waals surface area (Å²) in [5, 5.41) is 0. The second kappa shape index (κ2) is 15.1. The molecule has 1 aromatic heterocycles. The molecular formula is C28H44N2O4S2. The molecule has 202 valence electrons. The summed E-state index contributed by atoms with van der Waals surface area (Å²) in [4.78, 5) is 14.5. The van der Waals surface area contributed by atoms with Gasteiger partial charge in [-0.15, -0.1) is 0 Å². The van der Waals surface area contributed by atoms with Gasteiger partial charge in [0.2, 0.25) is 0 Å². The number of carbonyl (C=O) groups is 1. The van der Waals surface area contributed by atoms with Gasteiger partial charge >= 0.3 is 0 Å². The topological polar surface area (TPSA) is 60.8 Å². The van der Waals surface area contributed by atoms with Crippen molar-refractivity contribution in [2.24, 2.45) is 5.41 Å². The molecule has 2 heterocycles. The van der Waals surface area contributed by atoms with Crippen LogP contribution in [0.15, 0.2) is 39.0 Å². The number of methoxy groups -OCH3 is 1. The van der Waals surface area contributed by atoms with Gasteiger partial charge in [0, 0.05) is 48.0 Å². The third kappa shape index (κ3) is 8.02. The van der Waals surface area contributed by atoms with Crippen LogP contribution in [0.3, 0.4) is 0 Å². The highest BCUT2D eigenvalue weighted by atomic mass is 32.2. The van der Waals surface area contributed by atoms with Crippen molar-refractivity contribution in [2.45, 2.75) is 82.0 Å². The summed E-state index contributed by atoms with van der Waals surface area (Å²) in [6, 6.07) is 8.08. The molecule has 4 rings (SSSR count). The maximum Gasteiger partial charge on any atom is 0.139 e. The van der Waals surface area contributed by atoms with Gasteiger partial charge < -0.3 is 18.8 Å². The van der Waals surface area contributed by atoms with Crippen molar-refractivity contribution in [1.29, 1.82) is 0 Å². The van der Waals surface area contributed by atoms with Crippen LogP contribution < -0.4 is 0 Å². The number of hydrogen-bond donors (Lipinski definition) is 0. The Morgan fingerprint density at radius 1 is 1.17 bits per heavy atom. The minimum Gasteiger partial charge on any atom is -0.385 e. The maximum absolute atomic E-state index is 12.8. The van der Waals surface area contributed by atoms with Crippen LogP contribution in [0.1, 0.15) is 58.0 Å². The van der Waals surface area contributed by atoms with Crippen LogP contribution in [0, 0.1) is 12.3 Å². The van der Waals surface area contributed by atoms with E-state index in [4.69, 9.17) is 4.74 Å². The largest absolute Gasteiger partial charge is 0.385 e. The number of aldehydes is 1. The lowest BCUT2D eigenvalue weighted by Crippen LogP contribution is -2.37. The van der Waals surface area contributed by atoms with Crippen LogP contribution in [0.25, 0.3) is 0 Å². The number of aromatic nitrogens is 1. The van der Waals surface area contributed by atoms with Crippen molar-refractivity contribution in [3.05, 3.63) is 41.2 Å². The molecule has 1 aromatic carbocycles. The monoisotopic (exact) mass is 536 g/mol.